The zero-order chi connectivity index (χ0) is 13.7. The lowest BCUT2D eigenvalue weighted by molar-refractivity contribution is 0.345. The van der Waals surface area contributed by atoms with Gasteiger partial charge in [0.05, 0.1) is 14.2 Å². The molecule has 0 saturated heterocycles. The largest absolute Gasteiger partial charge is 0.493 e. The molecule has 0 bridgehead atoms. The molecule has 0 radical (unpaired) electrons. The molecule has 1 aromatic carbocycles. The topological polar surface area (TPSA) is 44.5 Å². The first kappa shape index (κ1) is 14.8. The van der Waals surface area contributed by atoms with Gasteiger partial charge in [-0.25, -0.2) is 4.39 Å². The Morgan fingerprint density at radius 2 is 1.61 bits per heavy atom. The Labute approximate surface area is 108 Å². The molecule has 102 valence electrons. The number of hydrogen-bond acceptors (Lipinski definition) is 3. The minimum Gasteiger partial charge on any atom is -0.493 e. The van der Waals surface area contributed by atoms with Crippen LogP contribution in [-0.4, -0.2) is 20.8 Å². The van der Waals surface area contributed by atoms with E-state index in [4.69, 9.17) is 15.2 Å². The Kier molecular flexibility index (Phi) is 5.41. The molecule has 0 aliphatic heterocycles. The number of halogens is 1. The third-order valence-corrected chi connectivity index (χ3v) is 3.22. The lowest BCUT2D eigenvalue weighted by Crippen LogP contribution is -2.06. The number of nitrogens with two attached hydrogens (primary N) is 1. The van der Waals surface area contributed by atoms with Gasteiger partial charge in [0.15, 0.2) is 11.5 Å². The summed E-state index contributed by atoms with van der Waals surface area (Å²) in [4.78, 5) is 0. The number of methoxy groups -OCH3 is 2. The van der Waals surface area contributed by atoms with E-state index >= 15 is 0 Å². The molecule has 0 fully saturated rings. The van der Waals surface area contributed by atoms with Crippen LogP contribution in [0.15, 0.2) is 0 Å². The predicted octanol–water partition coefficient (Wildman–Crippen LogP) is 2.74. The smallest absolute Gasteiger partial charge is 0.166 e. The van der Waals surface area contributed by atoms with Crippen molar-refractivity contribution >= 4 is 0 Å². The SMILES string of the molecule is COc1c(C)c(F)c(C)c(CCCCN)c1OC. The van der Waals surface area contributed by atoms with Crippen molar-refractivity contribution in [3.05, 3.63) is 22.5 Å². The molecule has 0 amide bonds. The molecular formula is C14H22FNO2. The normalized spacial score (nSPS) is 10.6. The van der Waals surface area contributed by atoms with Crippen molar-refractivity contribution in [1.82, 2.24) is 0 Å². The fourth-order valence-corrected chi connectivity index (χ4v) is 2.20. The first-order chi connectivity index (χ1) is 8.58. The number of unbranched alkanes of at least 4 members (excludes halogenated alkanes) is 1. The van der Waals surface area contributed by atoms with Crippen LogP contribution in [0.4, 0.5) is 4.39 Å². The summed E-state index contributed by atoms with van der Waals surface area (Å²) < 4.78 is 24.8. The minimum absolute atomic E-state index is 0.213. The first-order valence-corrected chi connectivity index (χ1v) is 6.18. The molecule has 0 atom stereocenters. The Hall–Kier alpha value is -1.29. The maximum atomic E-state index is 14.1. The van der Waals surface area contributed by atoms with E-state index in [-0.39, 0.29) is 5.82 Å². The second-order valence-electron chi connectivity index (χ2n) is 4.35. The average molecular weight is 255 g/mol. The van der Waals surface area contributed by atoms with Crippen LogP contribution in [0.2, 0.25) is 0 Å². The Morgan fingerprint density at radius 3 is 2.11 bits per heavy atom. The van der Waals surface area contributed by atoms with E-state index in [2.05, 4.69) is 0 Å². The Morgan fingerprint density at radius 1 is 1.00 bits per heavy atom. The lowest BCUT2D eigenvalue weighted by Gasteiger charge is -2.18. The van der Waals surface area contributed by atoms with Gasteiger partial charge in [0.1, 0.15) is 5.82 Å². The van der Waals surface area contributed by atoms with Gasteiger partial charge in [-0.15, -0.1) is 0 Å². The van der Waals surface area contributed by atoms with Gasteiger partial charge in [0, 0.05) is 11.1 Å². The number of benzene rings is 1. The van der Waals surface area contributed by atoms with Gasteiger partial charge in [-0.1, -0.05) is 0 Å². The third kappa shape index (κ3) is 2.75. The monoisotopic (exact) mass is 255 g/mol. The van der Waals surface area contributed by atoms with E-state index in [1.54, 1.807) is 21.0 Å². The quantitative estimate of drug-likeness (QED) is 0.795. The van der Waals surface area contributed by atoms with Crippen molar-refractivity contribution in [2.45, 2.75) is 33.1 Å². The predicted molar refractivity (Wildman–Crippen MR) is 71.0 cm³/mol. The van der Waals surface area contributed by atoms with E-state index in [0.29, 0.717) is 29.2 Å². The Balaban J connectivity index is 3.25. The molecule has 1 rings (SSSR count). The number of rotatable bonds is 6. The van der Waals surface area contributed by atoms with Crippen molar-refractivity contribution in [2.24, 2.45) is 5.73 Å². The third-order valence-electron chi connectivity index (χ3n) is 3.22. The van der Waals surface area contributed by atoms with Crippen LogP contribution in [-0.2, 0) is 6.42 Å². The zero-order valence-electron chi connectivity index (χ0n) is 11.6. The van der Waals surface area contributed by atoms with Crippen molar-refractivity contribution in [3.8, 4) is 11.5 Å². The molecule has 0 aliphatic carbocycles. The fourth-order valence-electron chi connectivity index (χ4n) is 2.20. The van der Waals surface area contributed by atoms with Crippen LogP contribution in [0.3, 0.4) is 0 Å². The molecule has 2 N–H and O–H groups in total. The van der Waals surface area contributed by atoms with Crippen molar-refractivity contribution in [3.63, 3.8) is 0 Å². The maximum absolute atomic E-state index is 14.1. The second-order valence-corrected chi connectivity index (χ2v) is 4.35. The highest BCUT2D eigenvalue weighted by molar-refractivity contribution is 5.55. The molecule has 3 nitrogen and oxygen atoms in total. The maximum Gasteiger partial charge on any atom is 0.166 e. The van der Waals surface area contributed by atoms with Crippen molar-refractivity contribution in [2.75, 3.05) is 20.8 Å². The summed E-state index contributed by atoms with van der Waals surface area (Å²) in [6.07, 6.45) is 2.58. The molecule has 0 aromatic heterocycles. The van der Waals surface area contributed by atoms with Gasteiger partial charge in [-0.2, -0.15) is 0 Å². The van der Waals surface area contributed by atoms with E-state index in [0.717, 1.165) is 24.8 Å². The molecule has 0 heterocycles. The number of ether oxygens (including phenoxy) is 2. The number of hydrogen-bond donors (Lipinski definition) is 1. The molecule has 0 spiro atoms. The molecule has 0 saturated carbocycles. The Bertz CT molecular complexity index is 419. The molecule has 1 aromatic rings. The van der Waals surface area contributed by atoms with E-state index < -0.39 is 0 Å². The van der Waals surface area contributed by atoms with Crippen LogP contribution in [0.5, 0.6) is 11.5 Å². The second kappa shape index (κ2) is 6.59. The fraction of sp³-hybridized carbons (Fsp3) is 0.571. The van der Waals surface area contributed by atoms with Crippen LogP contribution in [0, 0.1) is 19.7 Å². The summed E-state index contributed by atoms with van der Waals surface area (Å²) in [5.41, 5.74) is 7.50. The minimum atomic E-state index is -0.213. The summed E-state index contributed by atoms with van der Waals surface area (Å²) in [6, 6.07) is 0. The van der Waals surface area contributed by atoms with Crippen LogP contribution < -0.4 is 15.2 Å². The lowest BCUT2D eigenvalue weighted by atomic mass is 9.97. The molecule has 0 unspecified atom stereocenters. The molecule has 18 heavy (non-hydrogen) atoms. The van der Waals surface area contributed by atoms with Crippen molar-refractivity contribution in [1.29, 1.82) is 0 Å². The van der Waals surface area contributed by atoms with Gasteiger partial charge >= 0.3 is 0 Å². The summed E-state index contributed by atoms with van der Waals surface area (Å²) >= 11 is 0. The highest BCUT2D eigenvalue weighted by Gasteiger charge is 2.20. The van der Waals surface area contributed by atoms with Gasteiger partial charge < -0.3 is 15.2 Å². The van der Waals surface area contributed by atoms with Gasteiger partial charge in [0.25, 0.3) is 0 Å². The van der Waals surface area contributed by atoms with E-state index in [9.17, 15) is 4.39 Å². The highest BCUT2D eigenvalue weighted by Crippen LogP contribution is 2.39. The van der Waals surface area contributed by atoms with Gasteiger partial charge in [-0.3, -0.25) is 0 Å². The van der Waals surface area contributed by atoms with Crippen LogP contribution in [0.25, 0.3) is 0 Å². The zero-order valence-corrected chi connectivity index (χ0v) is 11.6. The van der Waals surface area contributed by atoms with E-state index in [1.165, 1.54) is 7.11 Å². The van der Waals surface area contributed by atoms with Crippen LogP contribution in [0.1, 0.15) is 29.5 Å². The van der Waals surface area contributed by atoms with Gasteiger partial charge in [-0.05, 0) is 45.2 Å². The molecular weight excluding hydrogens is 233 g/mol. The van der Waals surface area contributed by atoms with Gasteiger partial charge in [0.2, 0.25) is 0 Å². The summed E-state index contributed by atoms with van der Waals surface area (Å²) in [6.45, 7) is 4.13. The molecule has 4 heteroatoms. The summed E-state index contributed by atoms with van der Waals surface area (Å²) in [5.74, 6) is 0.921. The van der Waals surface area contributed by atoms with Crippen molar-refractivity contribution < 1.29 is 13.9 Å². The highest BCUT2D eigenvalue weighted by atomic mass is 19.1. The molecule has 0 aliphatic rings. The summed E-state index contributed by atoms with van der Waals surface area (Å²) in [7, 11) is 3.12. The van der Waals surface area contributed by atoms with E-state index in [1.807, 2.05) is 0 Å². The average Bonchev–Trinajstić information content (AvgIpc) is 2.38. The first-order valence-electron chi connectivity index (χ1n) is 6.18. The van der Waals surface area contributed by atoms with Crippen LogP contribution >= 0.6 is 0 Å². The summed E-state index contributed by atoms with van der Waals surface area (Å²) in [5, 5.41) is 0. The standard InChI is InChI=1S/C14H22FNO2/c1-9-11(7-5-6-8-16)14(18-4)13(17-3)10(2)12(9)15/h5-8,16H2,1-4H3.